The van der Waals surface area contributed by atoms with E-state index in [-0.39, 0.29) is 46.9 Å². The molecule has 13 heteroatoms. The van der Waals surface area contributed by atoms with Gasteiger partial charge in [-0.3, -0.25) is 9.59 Å². The Kier molecular flexibility index (Phi) is 8.60. The summed E-state index contributed by atoms with van der Waals surface area (Å²) in [5.41, 5.74) is 6.91. The Balaban J connectivity index is 0.000000451. The molecule has 5 N–H and O–H groups in total. The first-order valence-corrected chi connectivity index (χ1v) is 10.4. The van der Waals surface area contributed by atoms with Gasteiger partial charge in [-0.05, 0) is 24.8 Å². The predicted molar refractivity (Wildman–Crippen MR) is 109 cm³/mol. The second-order valence-electron chi connectivity index (χ2n) is 7.52. The van der Waals surface area contributed by atoms with E-state index in [1.165, 1.54) is 6.07 Å². The van der Waals surface area contributed by atoms with Gasteiger partial charge in [-0.1, -0.05) is 23.2 Å². The third-order valence-corrected chi connectivity index (χ3v) is 6.08. The number of likely N-dealkylation sites (tertiary alicyclic amines) is 1. The first kappa shape index (κ1) is 26.0. The van der Waals surface area contributed by atoms with E-state index in [4.69, 9.17) is 38.8 Å². The largest absolute Gasteiger partial charge is 0.508 e. The summed E-state index contributed by atoms with van der Waals surface area (Å²) in [5.74, 6) is -2.87. The Morgan fingerprint density at radius 2 is 1.72 bits per heavy atom. The highest BCUT2D eigenvalue weighted by Gasteiger charge is 2.38. The van der Waals surface area contributed by atoms with E-state index >= 15 is 0 Å². The molecule has 0 spiro atoms. The van der Waals surface area contributed by atoms with Crippen LogP contribution < -0.4 is 11.1 Å². The number of halogens is 5. The van der Waals surface area contributed by atoms with Crippen molar-refractivity contribution in [2.75, 3.05) is 19.6 Å². The standard InChI is InChI=1S/C17H21Cl2N3O3.C2HF3O2/c18-12-6-11(14(23)7-13(12)19)16(20)9-1-3-22(4-2-9)17(25)10-5-15(24)21-8-10;3-2(4,5)1(6)7/h6-7,9-10,16,23H,1-5,8,20H2,(H,21,24);(H,6,7)/t10?,16-;/m1./s1. The molecule has 0 saturated carbocycles. The Bertz CT molecular complexity index is 876. The number of phenolic OH excluding ortho intramolecular Hbond substituents is 1. The minimum Gasteiger partial charge on any atom is -0.508 e. The highest BCUT2D eigenvalue weighted by molar-refractivity contribution is 6.42. The number of alkyl halides is 3. The van der Waals surface area contributed by atoms with E-state index in [9.17, 15) is 27.9 Å². The molecule has 2 aliphatic rings. The lowest BCUT2D eigenvalue weighted by Crippen LogP contribution is -2.44. The molecule has 1 aromatic carbocycles. The quantitative estimate of drug-likeness (QED) is 0.505. The number of phenols is 1. The smallest absolute Gasteiger partial charge is 0.490 e. The van der Waals surface area contributed by atoms with Gasteiger partial charge in [0.1, 0.15) is 5.75 Å². The van der Waals surface area contributed by atoms with Gasteiger partial charge in [-0.25, -0.2) is 4.79 Å². The van der Waals surface area contributed by atoms with Crippen LogP contribution in [0.15, 0.2) is 12.1 Å². The summed E-state index contributed by atoms with van der Waals surface area (Å²) in [6.45, 7) is 1.63. The highest BCUT2D eigenvalue weighted by Crippen LogP contribution is 2.38. The maximum Gasteiger partial charge on any atom is 0.490 e. The molecule has 8 nitrogen and oxygen atoms in total. The van der Waals surface area contributed by atoms with Gasteiger partial charge in [0, 0.05) is 43.7 Å². The fourth-order valence-corrected chi connectivity index (χ4v) is 3.92. The van der Waals surface area contributed by atoms with Crippen LogP contribution in [0.3, 0.4) is 0 Å². The molecule has 0 aliphatic carbocycles. The van der Waals surface area contributed by atoms with E-state index in [1.807, 2.05) is 4.90 Å². The lowest BCUT2D eigenvalue weighted by molar-refractivity contribution is -0.192. The van der Waals surface area contributed by atoms with E-state index < -0.39 is 12.1 Å². The Hall–Kier alpha value is -2.24. The number of rotatable bonds is 3. The van der Waals surface area contributed by atoms with Gasteiger partial charge in [-0.2, -0.15) is 13.2 Å². The van der Waals surface area contributed by atoms with E-state index in [1.54, 1.807) is 6.07 Å². The topological polar surface area (TPSA) is 133 Å². The SMILES string of the molecule is N[C@@H](c1cc(Cl)c(Cl)cc1O)C1CCN(C(=O)C2CNC(=O)C2)CC1.O=C(O)C(F)(F)F. The van der Waals surface area contributed by atoms with Crippen LogP contribution in [0.25, 0.3) is 0 Å². The molecule has 32 heavy (non-hydrogen) atoms. The number of nitrogens with one attached hydrogen (secondary N) is 1. The number of piperidine rings is 1. The van der Waals surface area contributed by atoms with Gasteiger partial charge in [0.05, 0.1) is 16.0 Å². The lowest BCUT2D eigenvalue weighted by Gasteiger charge is -2.36. The fraction of sp³-hybridized carbons (Fsp3) is 0.526. The first-order chi connectivity index (χ1) is 14.8. The summed E-state index contributed by atoms with van der Waals surface area (Å²) in [4.78, 5) is 34.4. The number of benzene rings is 1. The normalized spacial score (nSPS) is 20.2. The molecule has 3 rings (SSSR count). The summed E-state index contributed by atoms with van der Waals surface area (Å²) in [5, 5.41) is 20.6. The summed E-state index contributed by atoms with van der Waals surface area (Å²) in [7, 11) is 0. The number of amides is 2. The van der Waals surface area contributed by atoms with Crippen molar-refractivity contribution in [3.8, 4) is 5.75 Å². The molecule has 2 aliphatic heterocycles. The first-order valence-electron chi connectivity index (χ1n) is 9.60. The summed E-state index contributed by atoms with van der Waals surface area (Å²) in [6.07, 6.45) is -3.34. The van der Waals surface area contributed by atoms with E-state index in [0.717, 1.165) is 12.8 Å². The number of carbonyl (C=O) groups is 3. The Labute approximate surface area is 191 Å². The predicted octanol–water partition coefficient (Wildman–Crippen LogP) is 2.71. The number of carboxylic acid groups (broad SMARTS) is 1. The fourth-order valence-electron chi connectivity index (χ4n) is 3.59. The van der Waals surface area contributed by atoms with Crippen LogP contribution in [0, 0.1) is 11.8 Å². The van der Waals surface area contributed by atoms with Crippen LogP contribution >= 0.6 is 23.2 Å². The number of hydrogen-bond donors (Lipinski definition) is 4. The third-order valence-electron chi connectivity index (χ3n) is 5.36. The number of aromatic hydroxyl groups is 1. The van der Waals surface area contributed by atoms with Crippen molar-refractivity contribution in [3.05, 3.63) is 27.7 Å². The van der Waals surface area contributed by atoms with Crippen molar-refractivity contribution in [1.29, 1.82) is 0 Å². The second-order valence-corrected chi connectivity index (χ2v) is 8.34. The van der Waals surface area contributed by atoms with Crippen molar-refractivity contribution >= 4 is 41.0 Å². The van der Waals surface area contributed by atoms with Gasteiger partial charge in [0.2, 0.25) is 11.8 Å². The molecule has 0 radical (unpaired) electrons. The molecule has 2 heterocycles. The molecule has 1 aromatic rings. The van der Waals surface area contributed by atoms with Crippen molar-refractivity contribution in [2.45, 2.75) is 31.5 Å². The zero-order chi connectivity index (χ0) is 24.2. The minimum atomic E-state index is -5.08. The number of hydrogen-bond acceptors (Lipinski definition) is 5. The van der Waals surface area contributed by atoms with Crippen LogP contribution in [0.4, 0.5) is 13.2 Å². The third kappa shape index (κ3) is 6.63. The Morgan fingerprint density at radius 1 is 1.19 bits per heavy atom. The van der Waals surface area contributed by atoms with Gasteiger partial charge < -0.3 is 26.2 Å². The molecule has 0 bridgehead atoms. The second kappa shape index (κ2) is 10.6. The summed E-state index contributed by atoms with van der Waals surface area (Å²) < 4.78 is 31.7. The van der Waals surface area contributed by atoms with Crippen molar-refractivity contribution < 1.29 is 37.8 Å². The van der Waals surface area contributed by atoms with Crippen molar-refractivity contribution in [1.82, 2.24) is 10.2 Å². The zero-order valence-electron chi connectivity index (χ0n) is 16.7. The number of carbonyl (C=O) groups excluding carboxylic acids is 2. The van der Waals surface area contributed by atoms with Crippen LogP contribution in [0.2, 0.25) is 10.0 Å². The van der Waals surface area contributed by atoms with Crippen molar-refractivity contribution in [3.63, 3.8) is 0 Å². The van der Waals surface area contributed by atoms with Crippen LogP contribution in [0.5, 0.6) is 5.75 Å². The van der Waals surface area contributed by atoms with Gasteiger partial charge in [0.15, 0.2) is 0 Å². The zero-order valence-corrected chi connectivity index (χ0v) is 18.2. The lowest BCUT2D eigenvalue weighted by atomic mass is 9.85. The van der Waals surface area contributed by atoms with Crippen LogP contribution in [0.1, 0.15) is 30.9 Å². The molecule has 178 valence electrons. The molecule has 1 unspecified atom stereocenters. The van der Waals surface area contributed by atoms with Gasteiger partial charge >= 0.3 is 12.1 Å². The summed E-state index contributed by atoms with van der Waals surface area (Å²) in [6, 6.07) is 2.64. The van der Waals surface area contributed by atoms with Crippen LogP contribution in [-0.2, 0) is 14.4 Å². The van der Waals surface area contributed by atoms with Crippen molar-refractivity contribution in [2.24, 2.45) is 17.6 Å². The average Bonchev–Trinajstić information content (AvgIpc) is 3.16. The monoisotopic (exact) mass is 499 g/mol. The number of nitrogens with zero attached hydrogens (tertiary/aromatic N) is 1. The molecule has 2 saturated heterocycles. The maximum atomic E-state index is 12.5. The molecule has 2 atom stereocenters. The molecular formula is C19H22Cl2F3N3O5. The maximum absolute atomic E-state index is 12.5. The van der Waals surface area contributed by atoms with E-state index in [2.05, 4.69) is 5.32 Å². The minimum absolute atomic E-state index is 0.0303. The van der Waals surface area contributed by atoms with E-state index in [0.29, 0.717) is 30.2 Å². The molecular weight excluding hydrogens is 478 g/mol. The highest BCUT2D eigenvalue weighted by atomic mass is 35.5. The number of carboxylic acids is 1. The van der Waals surface area contributed by atoms with Gasteiger partial charge in [0.25, 0.3) is 0 Å². The molecule has 0 aromatic heterocycles. The summed E-state index contributed by atoms with van der Waals surface area (Å²) >= 11 is 11.9. The number of aliphatic carboxylic acids is 1. The van der Waals surface area contributed by atoms with Crippen LogP contribution in [-0.4, -0.2) is 58.7 Å². The average molecular weight is 500 g/mol. The molecule has 2 amide bonds. The Morgan fingerprint density at radius 3 is 2.19 bits per heavy atom. The number of nitrogens with two attached hydrogens (primary N) is 1. The van der Waals surface area contributed by atoms with Gasteiger partial charge in [-0.15, -0.1) is 0 Å². The molecule has 2 fully saturated rings.